The van der Waals surface area contributed by atoms with Gasteiger partial charge in [0.1, 0.15) is 5.82 Å². The largest absolute Gasteiger partial charge is 0.346 e. The molecule has 3 rings (SSSR count). The van der Waals surface area contributed by atoms with Crippen LogP contribution in [0.15, 0.2) is 24.3 Å². The molecule has 2 aliphatic rings. The number of hydrogen-bond donors (Lipinski definition) is 2. The molecule has 0 aromatic heterocycles. The Hall–Kier alpha value is -1.95. The Morgan fingerprint density at radius 2 is 1.76 bits per heavy atom. The van der Waals surface area contributed by atoms with Crippen LogP contribution in [0.5, 0.6) is 0 Å². The summed E-state index contributed by atoms with van der Waals surface area (Å²) in [6.07, 6.45) is 6.47. The Bertz CT molecular complexity index is 605. The summed E-state index contributed by atoms with van der Waals surface area (Å²) < 4.78 is 12.8. The molecule has 6 heteroatoms. The Labute approximate surface area is 148 Å². The first-order valence-electron chi connectivity index (χ1n) is 9.14. The highest BCUT2D eigenvalue weighted by Crippen LogP contribution is 2.35. The molecule has 5 nitrogen and oxygen atoms in total. The molecule has 0 bridgehead atoms. The smallest absolute Gasteiger partial charge is 0.243 e. The van der Waals surface area contributed by atoms with Crippen LogP contribution < -0.4 is 10.6 Å². The molecule has 2 atom stereocenters. The van der Waals surface area contributed by atoms with Gasteiger partial charge in [0, 0.05) is 12.2 Å². The van der Waals surface area contributed by atoms with Gasteiger partial charge in [-0.15, -0.1) is 0 Å². The number of rotatable bonds is 5. The zero-order valence-corrected chi connectivity index (χ0v) is 14.5. The van der Waals surface area contributed by atoms with Crippen LogP contribution in [-0.4, -0.2) is 42.9 Å². The van der Waals surface area contributed by atoms with Crippen molar-refractivity contribution in [3.8, 4) is 0 Å². The minimum Gasteiger partial charge on any atom is -0.346 e. The van der Waals surface area contributed by atoms with E-state index >= 15 is 0 Å². The average Bonchev–Trinajstić information content (AvgIpc) is 2.62. The van der Waals surface area contributed by atoms with Crippen molar-refractivity contribution in [3.63, 3.8) is 0 Å². The molecule has 25 heavy (non-hydrogen) atoms. The fourth-order valence-electron chi connectivity index (χ4n) is 4.00. The number of likely N-dealkylation sites (tertiary alicyclic amines) is 1. The van der Waals surface area contributed by atoms with Gasteiger partial charge in [-0.25, -0.2) is 4.39 Å². The molecule has 2 N–H and O–H groups in total. The number of carbonyl (C=O) groups is 2. The van der Waals surface area contributed by atoms with E-state index in [0.717, 1.165) is 24.9 Å². The van der Waals surface area contributed by atoms with E-state index in [1.54, 1.807) is 0 Å². The third-order valence-corrected chi connectivity index (χ3v) is 5.32. The Morgan fingerprint density at radius 1 is 1.04 bits per heavy atom. The van der Waals surface area contributed by atoms with E-state index in [-0.39, 0.29) is 24.2 Å². The third-order valence-electron chi connectivity index (χ3n) is 5.32. The van der Waals surface area contributed by atoms with E-state index < -0.39 is 0 Å². The summed E-state index contributed by atoms with van der Waals surface area (Å²) in [5.41, 5.74) is 0.514. The van der Waals surface area contributed by atoms with E-state index in [2.05, 4.69) is 15.5 Å². The van der Waals surface area contributed by atoms with Crippen molar-refractivity contribution in [2.24, 2.45) is 11.8 Å². The van der Waals surface area contributed by atoms with Crippen LogP contribution in [0.3, 0.4) is 0 Å². The molecule has 1 saturated heterocycles. The van der Waals surface area contributed by atoms with Crippen molar-refractivity contribution < 1.29 is 14.0 Å². The second-order valence-corrected chi connectivity index (χ2v) is 7.16. The molecule has 1 heterocycles. The molecule has 1 aliphatic heterocycles. The number of hydrogen-bond acceptors (Lipinski definition) is 3. The van der Waals surface area contributed by atoms with Crippen molar-refractivity contribution in [2.45, 2.75) is 32.1 Å². The number of amides is 2. The van der Waals surface area contributed by atoms with Gasteiger partial charge < -0.3 is 10.6 Å². The van der Waals surface area contributed by atoms with Crippen molar-refractivity contribution in [1.29, 1.82) is 0 Å². The molecule has 1 saturated carbocycles. The number of nitrogens with zero attached hydrogens (tertiary/aromatic N) is 1. The lowest BCUT2D eigenvalue weighted by molar-refractivity contribution is -0.125. The van der Waals surface area contributed by atoms with Gasteiger partial charge in [0.25, 0.3) is 0 Å². The van der Waals surface area contributed by atoms with Crippen LogP contribution in [0.1, 0.15) is 32.1 Å². The summed E-state index contributed by atoms with van der Waals surface area (Å²) in [5, 5.41) is 5.30. The van der Waals surface area contributed by atoms with Crippen molar-refractivity contribution >= 4 is 17.5 Å². The highest BCUT2D eigenvalue weighted by molar-refractivity contribution is 5.94. The molecule has 2 fully saturated rings. The quantitative estimate of drug-likeness (QED) is 0.860. The summed E-state index contributed by atoms with van der Waals surface area (Å²) in [5.74, 6) is 0.786. The maximum absolute atomic E-state index is 12.8. The first-order valence-corrected chi connectivity index (χ1v) is 9.14. The molecule has 1 aromatic carbocycles. The van der Waals surface area contributed by atoms with Gasteiger partial charge in [-0.1, -0.05) is 19.3 Å². The van der Waals surface area contributed by atoms with Crippen LogP contribution in [0.2, 0.25) is 0 Å². The molecular formula is C19H26FN3O2. The lowest BCUT2D eigenvalue weighted by Crippen LogP contribution is -2.47. The van der Waals surface area contributed by atoms with Gasteiger partial charge in [0.2, 0.25) is 11.8 Å². The standard InChI is InChI=1S/C19H26FN3O2/c20-16-5-7-17(8-6-16)22-18(24)11-21-19(25)13-23-10-9-14-3-1-2-4-15(14)12-23/h5-8,14-15H,1-4,9-13H2,(H,21,25)(H,22,24)/t14-,15+/m0/s1. The lowest BCUT2D eigenvalue weighted by atomic mass is 9.75. The number of piperidine rings is 1. The number of benzene rings is 1. The maximum atomic E-state index is 12.8. The normalized spacial score (nSPS) is 23.6. The van der Waals surface area contributed by atoms with E-state index in [0.29, 0.717) is 12.2 Å². The second kappa shape index (κ2) is 8.43. The molecule has 2 amide bonds. The van der Waals surface area contributed by atoms with Crippen LogP contribution in [-0.2, 0) is 9.59 Å². The Balaban J connectivity index is 1.37. The van der Waals surface area contributed by atoms with Gasteiger partial charge in [-0.05, 0) is 55.5 Å². The summed E-state index contributed by atoms with van der Waals surface area (Å²) >= 11 is 0. The van der Waals surface area contributed by atoms with E-state index in [1.807, 2.05) is 0 Å². The first kappa shape index (κ1) is 17.9. The fourth-order valence-corrected chi connectivity index (χ4v) is 4.00. The minimum absolute atomic E-state index is 0.0733. The van der Waals surface area contributed by atoms with Crippen molar-refractivity contribution in [1.82, 2.24) is 10.2 Å². The van der Waals surface area contributed by atoms with E-state index in [1.165, 1.54) is 56.4 Å². The van der Waals surface area contributed by atoms with Gasteiger partial charge in [-0.2, -0.15) is 0 Å². The molecule has 0 spiro atoms. The zero-order chi connectivity index (χ0) is 17.6. The monoisotopic (exact) mass is 347 g/mol. The summed E-state index contributed by atoms with van der Waals surface area (Å²) in [6.45, 7) is 2.25. The third kappa shape index (κ3) is 5.26. The Morgan fingerprint density at radius 3 is 2.52 bits per heavy atom. The highest BCUT2D eigenvalue weighted by atomic mass is 19.1. The number of halogens is 1. The van der Waals surface area contributed by atoms with Gasteiger partial charge >= 0.3 is 0 Å². The summed E-state index contributed by atoms with van der Waals surface area (Å²) in [6, 6.07) is 5.54. The van der Waals surface area contributed by atoms with Crippen LogP contribution >= 0.6 is 0 Å². The second-order valence-electron chi connectivity index (χ2n) is 7.16. The summed E-state index contributed by atoms with van der Waals surface area (Å²) in [7, 11) is 0. The molecular weight excluding hydrogens is 321 g/mol. The van der Waals surface area contributed by atoms with Gasteiger partial charge in [0.15, 0.2) is 0 Å². The molecule has 1 aliphatic carbocycles. The maximum Gasteiger partial charge on any atom is 0.243 e. The molecule has 136 valence electrons. The molecule has 0 unspecified atom stereocenters. The average molecular weight is 347 g/mol. The number of carbonyl (C=O) groups excluding carboxylic acids is 2. The predicted octanol–water partition coefficient (Wildman–Crippen LogP) is 2.39. The highest BCUT2D eigenvalue weighted by Gasteiger charge is 2.31. The Kier molecular flexibility index (Phi) is 6.02. The van der Waals surface area contributed by atoms with E-state index in [4.69, 9.17) is 0 Å². The lowest BCUT2D eigenvalue weighted by Gasteiger charge is -2.41. The molecule has 0 radical (unpaired) electrons. The number of nitrogens with one attached hydrogen (secondary N) is 2. The topological polar surface area (TPSA) is 61.4 Å². The first-order chi connectivity index (χ1) is 12.1. The van der Waals surface area contributed by atoms with Crippen molar-refractivity contribution in [2.75, 3.05) is 31.5 Å². The van der Waals surface area contributed by atoms with Crippen LogP contribution in [0.25, 0.3) is 0 Å². The zero-order valence-electron chi connectivity index (χ0n) is 14.5. The van der Waals surface area contributed by atoms with Crippen molar-refractivity contribution in [3.05, 3.63) is 30.1 Å². The summed E-state index contributed by atoms with van der Waals surface area (Å²) in [4.78, 5) is 26.1. The minimum atomic E-state index is -0.354. The van der Waals surface area contributed by atoms with Gasteiger partial charge in [-0.3, -0.25) is 14.5 Å². The SMILES string of the molecule is O=C(CN1CC[C@@H]2CCCC[C@@H]2C1)NCC(=O)Nc1ccc(F)cc1. The predicted molar refractivity (Wildman–Crippen MR) is 94.5 cm³/mol. The number of fused-ring (bicyclic) bond motifs is 1. The van der Waals surface area contributed by atoms with Crippen LogP contribution in [0, 0.1) is 17.7 Å². The van der Waals surface area contributed by atoms with Crippen LogP contribution in [0.4, 0.5) is 10.1 Å². The fraction of sp³-hybridized carbons (Fsp3) is 0.579. The van der Waals surface area contributed by atoms with Gasteiger partial charge in [0.05, 0.1) is 13.1 Å². The van der Waals surface area contributed by atoms with E-state index in [9.17, 15) is 14.0 Å². The molecule has 1 aromatic rings. The number of anilines is 1.